The Kier molecular flexibility index (Phi) is 5.92. The van der Waals surface area contributed by atoms with Crippen LogP contribution in [-0.2, 0) is 11.2 Å². The van der Waals surface area contributed by atoms with E-state index in [4.69, 9.17) is 4.74 Å². The van der Waals surface area contributed by atoms with Gasteiger partial charge < -0.3 is 4.74 Å². The first kappa shape index (κ1) is 16.7. The van der Waals surface area contributed by atoms with E-state index in [-0.39, 0.29) is 5.91 Å². The molecule has 0 fully saturated rings. The van der Waals surface area contributed by atoms with Gasteiger partial charge in [-0.1, -0.05) is 36.4 Å². The first-order valence-corrected chi connectivity index (χ1v) is 7.65. The highest BCUT2D eigenvalue weighted by Gasteiger charge is 2.14. The van der Waals surface area contributed by atoms with Crippen molar-refractivity contribution < 1.29 is 9.53 Å². The molecule has 1 atom stereocenters. The van der Waals surface area contributed by atoms with Gasteiger partial charge in [0.1, 0.15) is 5.75 Å². The van der Waals surface area contributed by atoms with Crippen molar-refractivity contribution in [3.8, 4) is 5.75 Å². The molecule has 120 valence electrons. The van der Waals surface area contributed by atoms with Crippen LogP contribution in [0.15, 0.2) is 53.6 Å². The molecule has 2 aromatic carbocycles. The summed E-state index contributed by atoms with van der Waals surface area (Å²) in [5.74, 6) is 0.413. The number of hydrazone groups is 1. The Balaban J connectivity index is 1.81. The lowest BCUT2D eigenvalue weighted by atomic mass is 10.1. The number of carbonyl (C=O) groups is 1. The molecule has 2 rings (SSSR count). The maximum atomic E-state index is 12.0. The predicted octanol–water partition coefficient (Wildman–Crippen LogP) is 3.42. The van der Waals surface area contributed by atoms with Crippen molar-refractivity contribution in [2.75, 3.05) is 0 Å². The fourth-order valence-electron chi connectivity index (χ4n) is 2.01. The van der Waals surface area contributed by atoms with E-state index < -0.39 is 6.10 Å². The molecule has 0 saturated carbocycles. The van der Waals surface area contributed by atoms with Gasteiger partial charge in [0.15, 0.2) is 6.10 Å². The summed E-state index contributed by atoms with van der Waals surface area (Å²) in [6, 6.07) is 15.7. The first-order chi connectivity index (χ1) is 11.1. The summed E-state index contributed by atoms with van der Waals surface area (Å²) >= 11 is 0. The molecule has 4 nitrogen and oxygen atoms in total. The molecule has 1 unspecified atom stereocenters. The Morgan fingerprint density at radius 3 is 2.61 bits per heavy atom. The molecule has 0 aromatic heterocycles. The van der Waals surface area contributed by atoms with E-state index in [1.54, 1.807) is 13.1 Å². The Labute approximate surface area is 137 Å². The number of amides is 1. The normalized spacial score (nSPS) is 12.1. The van der Waals surface area contributed by atoms with E-state index in [9.17, 15) is 4.79 Å². The first-order valence-electron chi connectivity index (χ1n) is 7.65. The predicted molar refractivity (Wildman–Crippen MR) is 92.8 cm³/mol. The number of hydrogen-bond acceptors (Lipinski definition) is 3. The quantitative estimate of drug-likeness (QED) is 0.656. The van der Waals surface area contributed by atoms with Gasteiger partial charge in [-0.3, -0.25) is 4.79 Å². The maximum Gasteiger partial charge on any atom is 0.280 e. The summed E-state index contributed by atoms with van der Waals surface area (Å²) < 4.78 is 5.64. The topological polar surface area (TPSA) is 50.7 Å². The molecule has 23 heavy (non-hydrogen) atoms. The van der Waals surface area contributed by atoms with Crippen LogP contribution in [0.4, 0.5) is 0 Å². The molecule has 0 saturated heterocycles. The van der Waals surface area contributed by atoms with Crippen LogP contribution in [0.3, 0.4) is 0 Å². The zero-order valence-corrected chi connectivity index (χ0v) is 13.7. The molecule has 0 aliphatic heterocycles. The minimum atomic E-state index is -0.606. The molecule has 1 N–H and O–H groups in total. The number of benzene rings is 2. The van der Waals surface area contributed by atoms with E-state index in [2.05, 4.69) is 10.5 Å². The van der Waals surface area contributed by atoms with Crippen LogP contribution in [0.25, 0.3) is 0 Å². The van der Waals surface area contributed by atoms with Gasteiger partial charge in [-0.15, -0.1) is 0 Å². The second-order valence-electron chi connectivity index (χ2n) is 5.48. The lowest BCUT2D eigenvalue weighted by Gasteiger charge is -2.14. The minimum absolute atomic E-state index is 0.271. The molecular formula is C19H22N2O2. The zero-order chi connectivity index (χ0) is 16.7. The molecule has 0 aliphatic carbocycles. The van der Waals surface area contributed by atoms with Crippen LogP contribution in [0.5, 0.6) is 5.75 Å². The summed E-state index contributed by atoms with van der Waals surface area (Å²) in [6.45, 7) is 5.76. The van der Waals surface area contributed by atoms with Gasteiger partial charge in [0.25, 0.3) is 5.91 Å². The molecule has 0 spiro atoms. The van der Waals surface area contributed by atoms with Crippen molar-refractivity contribution in [2.45, 2.75) is 33.3 Å². The number of hydrogen-bond donors (Lipinski definition) is 1. The molecule has 0 radical (unpaired) electrons. The molecule has 2 aromatic rings. The average Bonchev–Trinajstić information content (AvgIpc) is 2.55. The van der Waals surface area contributed by atoms with Crippen LogP contribution < -0.4 is 10.2 Å². The third-order valence-electron chi connectivity index (χ3n) is 3.60. The van der Waals surface area contributed by atoms with Gasteiger partial charge in [-0.25, -0.2) is 5.43 Å². The van der Waals surface area contributed by atoms with Gasteiger partial charge in [0.2, 0.25) is 0 Å². The largest absolute Gasteiger partial charge is 0.481 e. The van der Waals surface area contributed by atoms with Crippen molar-refractivity contribution in [3.63, 3.8) is 0 Å². The lowest BCUT2D eigenvalue weighted by Crippen LogP contribution is -2.33. The highest BCUT2D eigenvalue weighted by molar-refractivity contribution is 5.81. The molecular weight excluding hydrogens is 288 g/mol. The molecule has 1 amide bonds. The van der Waals surface area contributed by atoms with Crippen molar-refractivity contribution in [3.05, 3.63) is 65.2 Å². The van der Waals surface area contributed by atoms with Gasteiger partial charge >= 0.3 is 0 Å². The van der Waals surface area contributed by atoms with E-state index in [1.807, 2.05) is 62.4 Å². The highest BCUT2D eigenvalue weighted by atomic mass is 16.5. The minimum Gasteiger partial charge on any atom is -0.481 e. The van der Waals surface area contributed by atoms with Crippen LogP contribution in [-0.4, -0.2) is 18.2 Å². The number of nitrogens with one attached hydrogen (secondary N) is 1. The number of carbonyl (C=O) groups excluding carboxylic acids is 1. The van der Waals surface area contributed by atoms with Crippen LogP contribution in [0, 0.1) is 13.8 Å². The summed E-state index contributed by atoms with van der Waals surface area (Å²) in [5.41, 5.74) is 5.98. The molecule has 0 bridgehead atoms. The van der Waals surface area contributed by atoms with Gasteiger partial charge in [-0.05, 0) is 49.6 Å². The van der Waals surface area contributed by atoms with Crippen LogP contribution in [0.2, 0.25) is 0 Å². The summed E-state index contributed by atoms with van der Waals surface area (Å²) in [5, 5.41) is 3.96. The van der Waals surface area contributed by atoms with Crippen molar-refractivity contribution >= 4 is 12.1 Å². The number of aryl methyl sites for hydroxylation is 2. The standard InChI is InChI=1S/C19H22N2O2/c1-14-9-10-18(13-15(14)2)23-16(3)19(22)21-20-12-11-17-7-5-4-6-8-17/h4-10,12-13,16H,11H2,1-3H3,(H,21,22)/b20-12+. The zero-order valence-electron chi connectivity index (χ0n) is 13.7. The SMILES string of the molecule is Cc1ccc(OC(C)C(=O)N/N=C/Cc2ccccc2)cc1C. The van der Waals surface area contributed by atoms with Gasteiger partial charge in [-0.2, -0.15) is 5.10 Å². The fraction of sp³-hybridized carbons (Fsp3) is 0.263. The van der Waals surface area contributed by atoms with Crippen molar-refractivity contribution in [1.82, 2.24) is 5.43 Å². The van der Waals surface area contributed by atoms with Gasteiger partial charge in [0.05, 0.1) is 0 Å². The number of nitrogens with zero attached hydrogens (tertiary/aromatic N) is 1. The Bertz CT molecular complexity index is 681. The van der Waals surface area contributed by atoms with E-state index in [1.165, 1.54) is 5.56 Å². The summed E-state index contributed by atoms with van der Waals surface area (Å²) in [7, 11) is 0. The monoisotopic (exact) mass is 310 g/mol. The van der Waals surface area contributed by atoms with Crippen molar-refractivity contribution in [2.24, 2.45) is 5.10 Å². The third-order valence-corrected chi connectivity index (χ3v) is 3.60. The van der Waals surface area contributed by atoms with Crippen LogP contribution in [0.1, 0.15) is 23.6 Å². The Morgan fingerprint density at radius 2 is 1.91 bits per heavy atom. The summed E-state index contributed by atoms with van der Waals surface area (Å²) in [4.78, 5) is 12.0. The van der Waals surface area contributed by atoms with E-state index in [0.717, 1.165) is 11.1 Å². The number of rotatable bonds is 6. The van der Waals surface area contributed by atoms with E-state index in [0.29, 0.717) is 12.2 Å². The highest BCUT2D eigenvalue weighted by Crippen LogP contribution is 2.17. The fourth-order valence-corrected chi connectivity index (χ4v) is 2.01. The van der Waals surface area contributed by atoms with Crippen molar-refractivity contribution in [1.29, 1.82) is 0 Å². The Morgan fingerprint density at radius 1 is 1.17 bits per heavy atom. The molecule has 0 aliphatic rings. The summed E-state index contributed by atoms with van der Waals surface area (Å²) in [6.07, 6.45) is 1.75. The second-order valence-corrected chi connectivity index (χ2v) is 5.48. The van der Waals surface area contributed by atoms with Gasteiger partial charge in [0, 0.05) is 12.6 Å². The molecule has 0 heterocycles. The Hall–Kier alpha value is -2.62. The van der Waals surface area contributed by atoms with Crippen LogP contribution >= 0.6 is 0 Å². The molecule has 4 heteroatoms. The second kappa shape index (κ2) is 8.13. The number of ether oxygens (including phenoxy) is 1. The third kappa shape index (κ3) is 5.25. The van der Waals surface area contributed by atoms with E-state index >= 15 is 0 Å². The smallest absolute Gasteiger partial charge is 0.280 e. The lowest BCUT2D eigenvalue weighted by molar-refractivity contribution is -0.127. The maximum absolute atomic E-state index is 12.0. The average molecular weight is 310 g/mol.